The average molecular weight is 308 g/mol. The number of hydrogen-bond acceptors (Lipinski definition) is 5. The van der Waals surface area contributed by atoms with Gasteiger partial charge in [-0.1, -0.05) is 11.2 Å². The fraction of sp³-hybridized carbons (Fsp3) is 0.429. The smallest absolute Gasteiger partial charge is 0.276 e. The van der Waals surface area contributed by atoms with E-state index in [0.29, 0.717) is 16.7 Å². The Labute approximate surface area is 126 Å². The first-order valence-corrected chi connectivity index (χ1v) is 8.54. The molecule has 0 spiro atoms. The molecular formula is C14H16N2O2S2. The van der Waals surface area contributed by atoms with E-state index in [4.69, 9.17) is 4.52 Å². The van der Waals surface area contributed by atoms with E-state index in [-0.39, 0.29) is 5.91 Å². The molecule has 20 heavy (non-hydrogen) atoms. The van der Waals surface area contributed by atoms with Gasteiger partial charge in [0.2, 0.25) is 0 Å². The molecule has 4 nitrogen and oxygen atoms in total. The van der Waals surface area contributed by atoms with Gasteiger partial charge in [0, 0.05) is 35.0 Å². The van der Waals surface area contributed by atoms with Gasteiger partial charge in [0.1, 0.15) is 5.76 Å². The van der Waals surface area contributed by atoms with Gasteiger partial charge in [0.25, 0.3) is 5.91 Å². The lowest BCUT2D eigenvalue weighted by Crippen LogP contribution is -2.33. The summed E-state index contributed by atoms with van der Waals surface area (Å²) in [5.74, 6) is 1.62. The van der Waals surface area contributed by atoms with Crippen LogP contribution in [-0.4, -0.2) is 34.8 Å². The van der Waals surface area contributed by atoms with Crippen LogP contribution in [0, 0.1) is 6.92 Å². The number of thiophene rings is 1. The van der Waals surface area contributed by atoms with Crippen LogP contribution in [0.25, 0.3) is 0 Å². The highest BCUT2D eigenvalue weighted by molar-refractivity contribution is 7.99. The molecule has 0 aromatic carbocycles. The van der Waals surface area contributed by atoms with Crippen molar-refractivity contribution in [2.24, 2.45) is 0 Å². The Hall–Kier alpha value is -1.27. The van der Waals surface area contributed by atoms with Crippen molar-refractivity contribution < 1.29 is 9.32 Å². The second-order valence-corrected chi connectivity index (χ2v) is 7.07. The first-order chi connectivity index (χ1) is 9.74. The second-order valence-electron chi connectivity index (χ2n) is 4.78. The van der Waals surface area contributed by atoms with E-state index < -0.39 is 0 Å². The second kappa shape index (κ2) is 6.01. The van der Waals surface area contributed by atoms with Crippen LogP contribution in [0.3, 0.4) is 0 Å². The van der Waals surface area contributed by atoms with Crippen molar-refractivity contribution in [3.8, 4) is 0 Å². The maximum atomic E-state index is 12.4. The Bertz CT molecular complexity index is 580. The summed E-state index contributed by atoms with van der Waals surface area (Å²) >= 11 is 3.73. The number of amides is 1. The Kier molecular flexibility index (Phi) is 4.12. The van der Waals surface area contributed by atoms with E-state index in [1.54, 1.807) is 24.3 Å². The Balaban J connectivity index is 1.66. The van der Waals surface area contributed by atoms with E-state index in [1.807, 2.05) is 16.7 Å². The molecule has 0 aliphatic carbocycles. The molecule has 2 aromatic rings. The van der Waals surface area contributed by atoms with E-state index >= 15 is 0 Å². The van der Waals surface area contributed by atoms with Gasteiger partial charge in [-0.05, 0) is 24.8 Å². The molecule has 0 saturated carbocycles. The molecule has 0 N–H and O–H groups in total. The van der Waals surface area contributed by atoms with Crippen LogP contribution in [-0.2, 0) is 0 Å². The third-order valence-corrected chi connectivity index (χ3v) is 5.78. The van der Waals surface area contributed by atoms with Gasteiger partial charge in [0.15, 0.2) is 5.69 Å². The van der Waals surface area contributed by atoms with Gasteiger partial charge in [-0.25, -0.2) is 0 Å². The van der Waals surface area contributed by atoms with Crippen LogP contribution in [0.2, 0.25) is 0 Å². The summed E-state index contributed by atoms with van der Waals surface area (Å²) < 4.78 is 4.99. The molecular weight excluding hydrogens is 292 g/mol. The van der Waals surface area contributed by atoms with Crippen LogP contribution in [0.4, 0.5) is 0 Å². The van der Waals surface area contributed by atoms with Crippen molar-refractivity contribution >= 4 is 29.0 Å². The molecule has 3 heterocycles. The Morgan fingerprint density at radius 2 is 2.40 bits per heavy atom. The minimum atomic E-state index is -0.0192. The number of thioether (sulfide) groups is 1. The van der Waals surface area contributed by atoms with Crippen LogP contribution < -0.4 is 0 Å². The van der Waals surface area contributed by atoms with Crippen molar-refractivity contribution in [3.05, 3.63) is 39.9 Å². The number of carbonyl (C=O) groups excluding carboxylic acids is 1. The molecule has 2 aromatic heterocycles. The van der Waals surface area contributed by atoms with Crippen molar-refractivity contribution in [3.63, 3.8) is 0 Å². The lowest BCUT2D eigenvalue weighted by molar-refractivity contribution is 0.0756. The van der Waals surface area contributed by atoms with Gasteiger partial charge in [-0.15, -0.1) is 11.3 Å². The number of carbonyl (C=O) groups is 1. The summed E-state index contributed by atoms with van der Waals surface area (Å²) in [4.78, 5) is 15.6. The zero-order valence-electron chi connectivity index (χ0n) is 11.2. The lowest BCUT2D eigenvalue weighted by atomic mass is 10.2. The van der Waals surface area contributed by atoms with Gasteiger partial charge in [0.05, 0.1) is 0 Å². The normalized spacial score (nSPS) is 19.9. The molecule has 106 valence electrons. The molecule has 3 rings (SSSR count). The van der Waals surface area contributed by atoms with E-state index in [9.17, 15) is 4.79 Å². The fourth-order valence-electron chi connectivity index (χ4n) is 2.30. The number of hydrogen-bond donors (Lipinski definition) is 0. The van der Waals surface area contributed by atoms with Crippen molar-refractivity contribution in [2.75, 3.05) is 18.8 Å². The van der Waals surface area contributed by atoms with Crippen molar-refractivity contribution in [1.29, 1.82) is 0 Å². The Morgan fingerprint density at radius 1 is 1.50 bits per heavy atom. The summed E-state index contributed by atoms with van der Waals surface area (Å²) in [5.41, 5.74) is 0.419. The van der Waals surface area contributed by atoms with E-state index in [0.717, 1.165) is 25.3 Å². The van der Waals surface area contributed by atoms with Gasteiger partial charge in [-0.2, -0.15) is 11.8 Å². The van der Waals surface area contributed by atoms with Crippen LogP contribution >= 0.6 is 23.1 Å². The predicted molar refractivity (Wildman–Crippen MR) is 81.3 cm³/mol. The largest absolute Gasteiger partial charge is 0.361 e. The van der Waals surface area contributed by atoms with Crippen molar-refractivity contribution in [1.82, 2.24) is 10.1 Å². The molecule has 1 saturated heterocycles. The minimum Gasteiger partial charge on any atom is -0.361 e. The predicted octanol–water partition coefficient (Wildman–Crippen LogP) is 3.36. The maximum Gasteiger partial charge on any atom is 0.276 e. The number of aryl methyl sites for hydroxylation is 1. The molecule has 0 bridgehead atoms. The number of rotatable bonds is 2. The summed E-state index contributed by atoms with van der Waals surface area (Å²) in [6.45, 7) is 3.35. The fourth-order valence-corrected chi connectivity index (χ4v) is 4.54. The summed E-state index contributed by atoms with van der Waals surface area (Å²) in [5, 5.41) is 6.44. The molecule has 6 heteroatoms. The molecule has 1 aliphatic rings. The van der Waals surface area contributed by atoms with Crippen LogP contribution in [0.1, 0.15) is 32.8 Å². The number of nitrogens with zero attached hydrogens (tertiary/aromatic N) is 2. The highest BCUT2D eigenvalue weighted by Crippen LogP contribution is 2.36. The summed E-state index contributed by atoms with van der Waals surface area (Å²) in [7, 11) is 0. The standard InChI is InChI=1S/C14H16N2O2S2/c1-10-9-11(15-18-10)14(17)16-5-4-13(20-8-6-16)12-3-2-7-19-12/h2-3,7,9,13H,4-6,8H2,1H3. The zero-order chi connectivity index (χ0) is 13.9. The van der Waals surface area contributed by atoms with E-state index in [2.05, 4.69) is 22.7 Å². The first-order valence-electron chi connectivity index (χ1n) is 6.61. The molecule has 1 amide bonds. The first kappa shape index (κ1) is 13.7. The van der Waals surface area contributed by atoms with Crippen molar-refractivity contribution in [2.45, 2.75) is 18.6 Å². The van der Waals surface area contributed by atoms with E-state index in [1.165, 1.54) is 4.88 Å². The lowest BCUT2D eigenvalue weighted by Gasteiger charge is -2.18. The third kappa shape index (κ3) is 2.91. The van der Waals surface area contributed by atoms with Gasteiger partial charge in [-0.3, -0.25) is 4.79 Å². The molecule has 1 fully saturated rings. The molecule has 1 unspecified atom stereocenters. The highest BCUT2D eigenvalue weighted by Gasteiger charge is 2.24. The zero-order valence-corrected chi connectivity index (χ0v) is 12.9. The van der Waals surface area contributed by atoms with Crippen LogP contribution in [0.15, 0.2) is 28.1 Å². The molecule has 1 aliphatic heterocycles. The average Bonchev–Trinajstić information content (AvgIpc) is 3.05. The topological polar surface area (TPSA) is 46.3 Å². The molecule has 1 atom stereocenters. The quantitative estimate of drug-likeness (QED) is 0.853. The summed E-state index contributed by atoms with van der Waals surface area (Å²) in [6, 6.07) is 5.98. The van der Waals surface area contributed by atoms with Crippen LogP contribution in [0.5, 0.6) is 0 Å². The summed E-state index contributed by atoms with van der Waals surface area (Å²) in [6.07, 6.45) is 0.994. The van der Waals surface area contributed by atoms with Gasteiger partial charge < -0.3 is 9.42 Å². The highest BCUT2D eigenvalue weighted by atomic mass is 32.2. The monoisotopic (exact) mass is 308 g/mol. The minimum absolute atomic E-state index is 0.0192. The van der Waals surface area contributed by atoms with Gasteiger partial charge >= 0.3 is 0 Å². The maximum absolute atomic E-state index is 12.4. The third-order valence-electron chi connectivity index (χ3n) is 3.34. The molecule has 0 radical (unpaired) electrons. The number of aromatic nitrogens is 1. The Morgan fingerprint density at radius 3 is 3.10 bits per heavy atom. The SMILES string of the molecule is Cc1cc(C(=O)N2CCSC(c3cccs3)CC2)no1.